The number of rotatable bonds is 13. The first-order valence-corrected chi connectivity index (χ1v) is 11.1. The van der Waals surface area contributed by atoms with Crippen LogP contribution in [-0.4, -0.2) is 56.8 Å². The number of aromatic nitrogens is 4. The van der Waals surface area contributed by atoms with Crippen LogP contribution in [-0.2, 0) is 27.5 Å². The molecule has 0 aliphatic carbocycles. The Bertz CT molecular complexity index is 847. The molecule has 2 aromatic rings. The maximum Gasteiger partial charge on any atom is 0.220 e. The van der Waals surface area contributed by atoms with Crippen LogP contribution in [0.5, 0.6) is 0 Å². The van der Waals surface area contributed by atoms with Crippen LogP contribution in [0.1, 0.15) is 64.3 Å². The number of carbonyl (C=O) groups is 2. The molecule has 1 unspecified atom stereocenters. The summed E-state index contributed by atoms with van der Waals surface area (Å²) in [5.74, 6) is 0.839. The van der Waals surface area contributed by atoms with Crippen LogP contribution < -0.4 is 11.1 Å². The normalized spacial score (nSPS) is 11.8. The van der Waals surface area contributed by atoms with E-state index in [4.69, 9.17) is 15.9 Å². The number of aryl methyl sites for hydroxylation is 1. The highest BCUT2D eigenvalue weighted by Gasteiger charge is 2.16. The molecule has 0 radical (unpaired) electrons. The van der Waals surface area contributed by atoms with Crippen LogP contribution in [0.2, 0.25) is 0 Å². The van der Waals surface area contributed by atoms with Crippen molar-refractivity contribution in [2.24, 2.45) is 5.73 Å². The summed E-state index contributed by atoms with van der Waals surface area (Å²) < 4.78 is 7.50. The van der Waals surface area contributed by atoms with E-state index >= 15 is 0 Å². The summed E-state index contributed by atoms with van der Waals surface area (Å²) in [6.07, 6.45) is 2.92. The van der Waals surface area contributed by atoms with Crippen molar-refractivity contribution in [3.63, 3.8) is 0 Å². The molecule has 1 aromatic heterocycles. The lowest BCUT2D eigenvalue weighted by Crippen LogP contribution is -2.39. The number of hydrogen-bond acceptors (Lipinski definition) is 8. The topological polar surface area (TPSA) is 149 Å². The van der Waals surface area contributed by atoms with Crippen molar-refractivity contribution in [3.05, 3.63) is 41.7 Å². The first-order chi connectivity index (χ1) is 15.6. The standard InChI is InChI=1S/C18H26N6O2.C5H11NO/c1-15(13-26-14-16-7-3-2-4-8-16)18-21-22-23-24(18)12-5-9-17(25)20-11-6-10-19;1-4(7)5(2,3)6/h2-4,7-8,10,15,19H,5-6,9,11-14H2,1H3,(H,20,25);6H2,1-3H3. The molecule has 0 saturated heterocycles. The number of nitrogens with one attached hydrogen (secondary N) is 2. The number of nitrogens with two attached hydrogens (primary N) is 1. The van der Waals surface area contributed by atoms with E-state index in [1.165, 1.54) is 13.1 Å². The molecule has 33 heavy (non-hydrogen) atoms. The molecule has 0 aliphatic heterocycles. The molecule has 1 aromatic carbocycles. The minimum Gasteiger partial charge on any atom is -0.376 e. The van der Waals surface area contributed by atoms with Crippen molar-refractivity contribution in [2.75, 3.05) is 13.2 Å². The minimum atomic E-state index is -0.639. The zero-order chi connectivity index (χ0) is 24.7. The predicted octanol–water partition coefficient (Wildman–Crippen LogP) is 2.24. The Morgan fingerprint density at radius 3 is 2.58 bits per heavy atom. The van der Waals surface area contributed by atoms with Crippen molar-refractivity contribution in [1.82, 2.24) is 25.5 Å². The number of nitrogens with zero attached hydrogens (tertiary/aromatic N) is 4. The number of ether oxygens (including phenoxy) is 1. The maximum atomic E-state index is 11.7. The van der Waals surface area contributed by atoms with E-state index in [2.05, 4.69) is 20.8 Å². The highest BCUT2D eigenvalue weighted by Crippen LogP contribution is 2.13. The van der Waals surface area contributed by atoms with Gasteiger partial charge in [0.25, 0.3) is 0 Å². The van der Waals surface area contributed by atoms with Crippen LogP contribution >= 0.6 is 0 Å². The molecule has 1 atom stereocenters. The van der Waals surface area contributed by atoms with E-state index in [1.54, 1.807) is 18.5 Å². The number of amides is 1. The third-order valence-corrected chi connectivity index (χ3v) is 4.77. The first kappa shape index (κ1) is 28.1. The SMILES string of the molecule is CC(=O)C(C)(C)N.CC(COCc1ccccc1)c1nnnn1CCCC(=O)NCCC=N. The lowest BCUT2D eigenvalue weighted by molar-refractivity contribution is -0.121. The minimum absolute atomic E-state index is 0.0132. The molecular formula is C23H37N7O3. The fourth-order valence-electron chi connectivity index (χ4n) is 2.49. The Hall–Kier alpha value is -2.98. The lowest BCUT2D eigenvalue weighted by atomic mass is 10.0. The average molecular weight is 460 g/mol. The van der Waals surface area contributed by atoms with E-state index in [9.17, 15) is 9.59 Å². The third-order valence-electron chi connectivity index (χ3n) is 4.77. The van der Waals surface area contributed by atoms with Gasteiger partial charge in [0.05, 0.1) is 18.8 Å². The molecule has 0 saturated carbocycles. The van der Waals surface area contributed by atoms with Gasteiger partial charge < -0.3 is 21.2 Å². The Morgan fingerprint density at radius 2 is 1.97 bits per heavy atom. The molecular weight excluding hydrogens is 422 g/mol. The third kappa shape index (κ3) is 12.0. The number of tetrazole rings is 1. The fraction of sp³-hybridized carbons (Fsp3) is 0.565. The van der Waals surface area contributed by atoms with E-state index < -0.39 is 5.54 Å². The monoisotopic (exact) mass is 459 g/mol. The molecule has 2 rings (SSSR count). The van der Waals surface area contributed by atoms with Crippen LogP contribution in [0.25, 0.3) is 0 Å². The second-order valence-electron chi connectivity index (χ2n) is 8.39. The number of ketones is 1. The van der Waals surface area contributed by atoms with Gasteiger partial charge in [-0.05, 0) is 55.8 Å². The number of Topliss-reactive ketones (excluding diaryl/α,β-unsaturated/α-hetero) is 1. The highest BCUT2D eigenvalue weighted by molar-refractivity contribution is 5.84. The fourth-order valence-corrected chi connectivity index (χ4v) is 2.49. The number of benzene rings is 1. The van der Waals surface area contributed by atoms with Gasteiger partial charge in [-0.1, -0.05) is 37.3 Å². The molecule has 10 heteroatoms. The molecule has 1 heterocycles. The van der Waals surface area contributed by atoms with Crippen LogP contribution in [0.4, 0.5) is 0 Å². The predicted molar refractivity (Wildman–Crippen MR) is 127 cm³/mol. The van der Waals surface area contributed by atoms with Gasteiger partial charge in [0.2, 0.25) is 5.91 Å². The van der Waals surface area contributed by atoms with Gasteiger partial charge >= 0.3 is 0 Å². The van der Waals surface area contributed by atoms with E-state index in [-0.39, 0.29) is 17.6 Å². The Kier molecular flexibility index (Phi) is 12.7. The number of carbonyl (C=O) groups excluding carboxylic acids is 2. The Balaban J connectivity index is 0.000000675. The average Bonchev–Trinajstić information content (AvgIpc) is 3.23. The van der Waals surface area contributed by atoms with Gasteiger partial charge in [-0.15, -0.1) is 5.10 Å². The van der Waals surface area contributed by atoms with Crippen molar-refractivity contribution in [1.29, 1.82) is 5.41 Å². The van der Waals surface area contributed by atoms with Gasteiger partial charge in [0.1, 0.15) is 5.78 Å². The Morgan fingerprint density at radius 1 is 1.30 bits per heavy atom. The maximum absolute atomic E-state index is 11.7. The second kappa shape index (κ2) is 15.0. The van der Waals surface area contributed by atoms with Crippen LogP contribution in [0.15, 0.2) is 30.3 Å². The molecule has 0 aliphatic rings. The summed E-state index contributed by atoms with van der Waals surface area (Å²) in [4.78, 5) is 22.0. The summed E-state index contributed by atoms with van der Waals surface area (Å²) in [6, 6.07) is 10.0. The van der Waals surface area contributed by atoms with Crippen molar-refractivity contribution >= 4 is 17.9 Å². The molecule has 10 nitrogen and oxygen atoms in total. The molecule has 0 fully saturated rings. The lowest BCUT2D eigenvalue weighted by Gasteiger charge is -2.12. The molecule has 1 amide bonds. The molecule has 4 N–H and O–H groups in total. The van der Waals surface area contributed by atoms with E-state index in [0.29, 0.717) is 45.6 Å². The Labute approximate surface area is 195 Å². The first-order valence-electron chi connectivity index (χ1n) is 11.1. The second-order valence-corrected chi connectivity index (χ2v) is 8.39. The van der Waals surface area contributed by atoms with Gasteiger partial charge in [0.15, 0.2) is 5.82 Å². The zero-order valence-corrected chi connectivity index (χ0v) is 20.1. The van der Waals surface area contributed by atoms with Gasteiger partial charge in [-0.2, -0.15) is 0 Å². The number of hydrogen-bond donors (Lipinski definition) is 3. The largest absolute Gasteiger partial charge is 0.376 e. The summed E-state index contributed by atoms with van der Waals surface area (Å²) >= 11 is 0. The smallest absolute Gasteiger partial charge is 0.220 e. The van der Waals surface area contributed by atoms with E-state index in [1.807, 2.05) is 37.3 Å². The van der Waals surface area contributed by atoms with Gasteiger partial charge in [-0.25, -0.2) is 4.68 Å². The van der Waals surface area contributed by atoms with Gasteiger partial charge in [0, 0.05) is 25.4 Å². The summed E-state index contributed by atoms with van der Waals surface area (Å²) in [5, 5.41) is 21.6. The zero-order valence-electron chi connectivity index (χ0n) is 20.1. The summed E-state index contributed by atoms with van der Waals surface area (Å²) in [7, 11) is 0. The summed E-state index contributed by atoms with van der Waals surface area (Å²) in [5.41, 5.74) is 5.82. The van der Waals surface area contributed by atoms with Crippen LogP contribution in [0.3, 0.4) is 0 Å². The molecule has 0 bridgehead atoms. The van der Waals surface area contributed by atoms with E-state index in [0.717, 1.165) is 11.4 Å². The quantitative estimate of drug-likeness (QED) is 0.307. The molecule has 0 spiro atoms. The highest BCUT2D eigenvalue weighted by atomic mass is 16.5. The molecule has 182 valence electrons. The van der Waals surface area contributed by atoms with Crippen molar-refractivity contribution < 1.29 is 14.3 Å². The van der Waals surface area contributed by atoms with Crippen molar-refractivity contribution in [3.8, 4) is 0 Å². The van der Waals surface area contributed by atoms with Crippen LogP contribution in [0, 0.1) is 5.41 Å². The van der Waals surface area contributed by atoms with Crippen molar-refractivity contribution in [2.45, 2.75) is 71.6 Å². The summed E-state index contributed by atoms with van der Waals surface area (Å²) in [6.45, 7) is 9.07. The van der Waals surface area contributed by atoms with Gasteiger partial charge in [-0.3, -0.25) is 9.59 Å².